The summed E-state index contributed by atoms with van der Waals surface area (Å²) in [5.41, 5.74) is 2.28. The maximum absolute atomic E-state index is 12.1. The molecule has 134 valence electrons. The molecule has 2 rings (SSSR count). The van der Waals surface area contributed by atoms with Crippen LogP contribution in [0.2, 0.25) is 0 Å². The number of nitrogens with one attached hydrogen (secondary N) is 1. The van der Waals surface area contributed by atoms with Crippen LogP contribution in [0.25, 0.3) is 5.69 Å². The fraction of sp³-hybridized carbons (Fsp3) is 0.444. The second-order valence-corrected chi connectivity index (χ2v) is 6.05. The molecule has 1 amide bonds. The van der Waals surface area contributed by atoms with E-state index in [1.807, 2.05) is 31.2 Å². The first-order chi connectivity index (χ1) is 12.1. The second kappa shape index (κ2) is 9.56. The first-order valence-electron chi connectivity index (χ1n) is 8.55. The van der Waals surface area contributed by atoms with E-state index in [2.05, 4.69) is 15.6 Å². The van der Waals surface area contributed by atoms with Crippen LogP contribution in [0.15, 0.2) is 30.5 Å². The molecule has 1 aromatic carbocycles. The summed E-state index contributed by atoms with van der Waals surface area (Å²) in [4.78, 5) is 22.5. The average Bonchev–Trinajstić information content (AvgIpc) is 3.07. The van der Waals surface area contributed by atoms with Crippen LogP contribution in [0.5, 0.6) is 0 Å². The summed E-state index contributed by atoms with van der Waals surface area (Å²) >= 11 is 0. The van der Waals surface area contributed by atoms with Gasteiger partial charge in [0, 0.05) is 13.0 Å². The average molecular weight is 344 g/mol. The zero-order chi connectivity index (χ0) is 18.1. The minimum Gasteiger partial charge on any atom is -0.481 e. The van der Waals surface area contributed by atoms with Crippen molar-refractivity contribution < 1.29 is 14.7 Å². The summed E-state index contributed by atoms with van der Waals surface area (Å²) in [5, 5.41) is 19.3. The number of carbonyl (C=O) groups excluding carboxylic acids is 1. The lowest BCUT2D eigenvalue weighted by atomic mass is 10.1. The fourth-order valence-electron chi connectivity index (χ4n) is 2.49. The van der Waals surface area contributed by atoms with Crippen molar-refractivity contribution >= 4 is 11.9 Å². The molecule has 0 unspecified atom stereocenters. The Kier molecular flexibility index (Phi) is 7.13. The van der Waals surface area contributed by atoms with Crippen molar-refractivity contribution in [2.45, 2.75) is 45.4 Å². The Morgan fingerprint density at radius 2 is 1.92 bits per heavy atom. The largest absolute Gasteiger partial charge is 0.481 e. The van der Waals surface area contributed by atoms with E-state index in [0.717, 1.165) is 36.9 Å². The highest BCUT2D eigenvalue weighted by atomic mass is 16.4. The predicted molar refractivity (Wildman–Crippen MR) is 93.8 cm³/mol. The summed E-state index contributed by atoms with van der Waals surface area (Å²) in [5.74, 6) is -0.976. The van der Waals surface area contributed by atoms with E-state index in [9.17, 15) is 9.59 Å². The van der Waals surface area contributed by atoms with E-state index >= 15 is 0 Å². The number of carboxylic acid groups (broad SMARTS) is 1. The van der Waals surface area contributed by atoms with Crippen molar-refractivity contribution in [3.05, 3.63) is 41.7 Å². The van der Waals surface area contributed by atoms with Gasteiger partial charge in [0.25, 0.3) is 5.91 Å². The molecule has 0 spiro atoms. The molecule has 2 aromatic rings. The third kappa shape index (κ3) is 6.37. The van der Waals surface area contributed by atoms with Gasteiger partial charge in [-0.1, -0.05) is 36.6 Å². The fourth-order valence-corrected chi connectivity index (χ4v) is 2.49. The van der Waals surface area contributed by atoms with Gasteiger partial charge in [0.2, 0.25) is 0 Å². The number of carboxylic acids is 1. The molecule has 0 radical (unpaired) electrons. The van der Waals surface area contributed by atoms with Crippen molar-refractivity contribution in [1.82, 2.24) is 20.3 Å². The molecule has 0 fully saturated rings. The van der Waals surface area contributed by atoms with Crippen LogP contribution >= 0.6 is 0 Å². The zero-order valence-electron chi connectivity index (χ0n) is 14.4. The third-order valence-electron chi connectivity index (χ3n) is 3.85. The molecular weight excluding hydrogens is 320 g/mol. The molecule has 0 saturated carbocycles. The first-order valence-corrected chi connectivity index (χ1v) is 8.55. The highest BCUT2D eigenvalue weighted by molar-refractivity contribution is 5.91. The normalized spacial score (nSPS) is 10.6. The number of aromatic nitrogens is 3. The van der Waals surface area contributed by atoms with Gasteiger partial charge in [-0.15, -0.1) is 5.10 Å². The number of aliphatic carboxylic acids is 1. The molecule has 0 bridgehead atoms. The van der Waals surface area contributed by atoms with E-state index in [0.29, 0.717) is 18.7 Å². The van der Waals surface area contributed by atoms with Crippen molar-refractivity contribution in [2.75, 3.05) is 6.54 Å². The van der Waals surface area contributed by atoms with Gasteiger partial charge in [0.05, 0.1) is 11.9 Å². The monoisotopic (exact) mass is 344 g/mol. The molecule has 1 heterocycles. The Bertz CT molecular complexity index is 712. The highest BCUT2D eigenvalue weighted by Gasteiger charge is 2.10. The van der Waals surface area contributed by atoms with Crippen LogP contribution in [0.4, 0.5) is 0 Å². The number of hydrogen-bond acceptors (Lipinski definition) is 4. The Hall–Kier alpha value is -2.70. The number of amides is 1. The number of hydrogen-bond donors (Lipinski definition) is 2. The SMILES string of the molecule is Cc1cccc(-n2cc(C(=O)NCCCCCCCC(=O)O)nn2)c1. The van der Waals surface area contributed by atoms with Gasteiger partial charge in [0.15, 0.2) is 5.69 Å². The van der Waals surface area contributed by atoms with Gasteiger partial charge in [-0.05, 0) is 37.5 Å². The Balaban J connectivity index is 1.69. The minimum absolute atomic E-state index is 0.229. The van der Waals surface area contributed by atoms with E-state index in [-0.39, 0.29) is 12.3 Å². The van der Waals surface area contributed by atoms with Gasteiger partial charge in [0.1, 0.15) is 0 Å². The minimum atomic E-state index is -0.744. The summed E-state index contributed by atoms with van der Waals surface area (Å²) in [6.45, 7) is 2.57. The number of carbonyl (C=O) groups is 2. The molecule has 0 aliphatic rings. The predicted octanol–water partition coefficient (Wildman–Crippen LogP) is 2.73. The van der Waals surface area contributed by atoms with Gasteiger partial charge in [-0.2, -0.15) is 0 Å². The maximum Gasteiger partial charge on any atom is 0.303 e. The van der Waals surface area contributed by atoms with Crippen LogP contribution in [-0.4, -0.2) is 38.5 Å². The number of benzene rings is 1. The number of rotatable bonds is 10. The van der Waals surface area contributed by atoms with E-state index in [1.54, 1.807) is 10.9 Å². The van der Waals surface area contributed by atoms with E-state index in [4.69, 9.17) is 5.11 Å². The molecule has 0 atom stereocenters. The molecule has 1 aromatic heterocycles. The first kappa shape index (κ1) is 18.6. The lowest BCUT2D eigenvalue weighted by molar-refractivity contribution is -0.137. The summed E-state index contributed by atoms with van der Waals surface area (Å²) in [7, 11) is 0. The van der Waals surface area contributed by atoms with Crippen molar-refractivity contribution in [3.63, 3.8) is 0 Å². The molecule has 25 heavy (non-hydrogen) atoms. The smallest absolute Gasteiger partial charge is 0.303 e. The lowest BCUT2D eigenvalue weighted by Crippen LogP contribution is -2.24. The topological polar surface area (TPSA) is 97.1 Å². The van der Waals surface area contributed by atoms with Gasteiger partial charge < -0.3 is 10.4 Å². The number of aryl methyl sites for hydroxylation is 1. The third-order valence-corrected chi connectivity index (χ3v) is 3.85. The zero-order valence-corrected chi connectivity index (χ0v) is 14.4. The number of unbranched alkanes of at least 4 members (excludes halogenated alkanes) is 4. The Morgan fingerprint density at radius 3 is 2.68 bits per heavy atom. The van der Waals surface area contributed by atoms with Crippen molar-refractivity contribution in [1.29, 1.82) is 0 Å². The van der Waals surface area contributed by atoms with Crippen LogP contribution in [-0.2, 0) is 4.79 Å². The molecule has 0 aliphatic heterocycles. The van der Waals surface area contributed by atoms with Crippen LogP contribution in [0.1, 0.15) is 54.6 Å². The molecule has 0 saturated heterocycles. The quantitative estimate of drug-likeness (QED) is 0.646. The lowest BCUT2D eigenvalue weighted by Gasteiger charge is -2.03. The van der Waals surface area contributed by atoms with Crippen molar-refractivity contribution in [2.24, 2.45) is 0 Å². The van der Waals surface area contributed by atoms with Crippen LogP contribution < -0.4 is 5.32 Å². The standard InChI is InChI=1S/C18H24N4O3/c1-14-8-7-9-15(12-14)22-13-16(20-21-22)18(25)19-11-6-4-2-3-5-10-17(23)24/h7-9,12-13H,2-6,10-11H2,1H3,(H,19,25)(H,23,24). The summed E-state index contributed by atoms with van der Waals surface area (Å²) < 4.78 is 1.59. The van der Waals surface area contributed by atoms with Crippen LogP contribution in [0, 0.1) is 6.92 Å². The highest BCUT2D eigenvalue weighted by Crippen LogP contribution is 2.09. The van der Waals surface area contributed by atoms with Gasteiger partial charge in [-0.25, -0.2) is 4.68 Å². The van der Waals surface area contributed by atoms with E-state index in [1.165, 1.54) is 0 Å². The van der Waals surface area contributed by atoms with Gasteiger partial charge in [-0.3, -0.25) is 9.59 Å². The molecule has 7 nitrogen and oxygen atoms in total. The molecule has 2 N–H and O–H groups in total. The molecule has 7 heteroatoms. The summed E-state index contributed by atoms with van der Waals surface area (Å²) in [6, 6.07) is 7.81. The van der Waals surface area contributed by atoms with Crippen LogP contribution in [0.3, 0.4) is 0 Å². The summed E-state index contributed by atoms with van der Waals surface area (Å²) in [6.07, 6.45) is 6.28. The second-order valence-electron chi connectivity index (χ2n) is 6.05. The van der Waals surface area contributed by atoms with Crippen molar-refractivity contribution in [3.8, 4) is 5.69 Å². The molecule has 0 aliphatic carbocycles. The van der Waals surface area contributed by atoms with E-state index < -0.39 is 5.97 Å². The Morgan fingerprint density at radius 1 is 1.16 bits per heavy atom. The maximum atomic E-state index is 12.1. The number of nitrogens with zero attached hydrogens (tertiary/aromatic N) is 3. The Labute approximate surface area is 147 Å². The molecular formula is C18H24N4O3. The van der Waals surface area contributed by atoms with Gasteiger partial charge >= 0.3 is 5.97 Å².